The smallest absolute Gasteiger partial charge is 0.327 e. The summed E-state index contributed by atoms with van der Waals surface area (Å²) in [5.41, 5.74) is 9.18. The summed E-state index contributed by atoms with van der Waals surface area (Å²) in [5, 5.41) is 0. The van der Waals surface area contributed by atoms with Crippen LogP contribution >= 0.6 is 11.8 Å². The normalized spacial score (nSPS) is 15.0. The van der Waals surface area contributed by atoms with Crippen molar-refractivity contribution < 1.29 is 9.53 Å². The molecule has 0 aromatic heterocycles. The van der Waals surface area contributed by atoms with Crippen molar-refractivity contribution in [2.75, 3.05) is 24.3 Å². The van der Waals surface area contributed by atoms with E-state index in [9.17, 15) is 4.79 Å². The average molecular weight is 328 g/mol. The summed E-state index contributed by atoms with van der Waals surface area (Å²) in [5.74, 6) is 0.644. The number of hydrogen-bond donors (Lipinski definition) is 1. The topological polar surface area (TPSA) is 55.6 Å². The van der Waals surface area contributed by atoms with Gasteiger partial charge in [0.05, 0.1) is 12.8 Å². The number of nitrogens with zero attached hydrogens (tertiary/aromatic N) is 1. The highest BCUT2D eigenvalue weighted by molar-refractivity contribution is 7.99. The maximum Gasteiger partial charge on any atom is 0.327 e. The Morgan fingerprint density at radius 1 is 1.30 bits per heavy atom. The number of anilines is 1. The lowest BCUT2D eigenvalue weighted by molar-refractivity contribution is -0.142. The summed E-state index contributed by atoms with van der Waals surface area (Å²) in [6.07, 6.45) is 0. The van der Waals surface area contributed by atoms with Crippen molar-refractivity contribution in [2.24, 2.45) is 5.73 Å². The highest BCUT2D eigenvalue weighted by Gasteiger charge is 2.22. The lowest BCUT2D eigenvalue weighted by Crippen LogP contribution is -2.29. The molecule has 0 fully saturated rings. The minimum Gasteiger partial charge on any atom is -0.468 e. The number of rotatable bonds is 4. The van der Waals surface area contributed by atoms with Gasteiger partial charge in [0, 0.05) is 23.7 Å². The minimum atomic E-state index is -0.740. The first kappa shape index (κ1) is 15.9. The molecule has 2 N–H and O–H groups in total. The number of fused-ring (bicyclic) bond motifs is 1. The molecule has 1 aliphatic heterocycles. The summed E-state index contributed by atoms with van der Waals surface area (Å²) < 4.78 is 4.75. The maximum atomic E-state index is 11.7. The molecule has 0 amide bonds. The number of nitrogens with two attached hydrogens (primary N) is 1. The van der Waals surface area contributed by atoms with E-state index in [1.165, 1.54) is 17.6 Å². The van der Waals surface area contributed by atoms with Crippen LogP contribution in [0.2, 0.25) is 0 Å². The summed E-state index contributed by atoms with van der Waals surface area (Å²) in [7, 11) is 1.36. The number of carbonyl (C=O) groups excluding carboxylic acids is 1. The largest absolute Gasteiger partial charge is 0.468 e. The molecule has 4 nitrogen and oxygen atoms in total. The van der Waals surface area contributed by atoms with Crippen molar-refractivity contribution in [3.8, 4) is 0 Å². The van der Waals surface area contributed by atoms with E-state index in [-0.39, 0.29) is 0 Å². The summed E-state index contributed by atoms with van der Waals surface area (Å²) in [6.45, 7) is 1.83. The second-order valence-electron chi connectivity index (χ2n) is 5.48. The third kappa shape index (κ3) is 3.51. The van der Waals surface area contributed by atoms with Crippen LogP contribution in [0.15, 0.2) is 53.4 Å². The van der Waals surface area contributed by atoms with Gasteiger partial charge in [0.2, 0.25) is 0 Å². The van der Waals surface area contributed by atoms with Crippen LogP contribution in [0.4, 0.5) is 5.69 Å². The fraction of sp³-hybridized carbons (Fsp3) is 0.278. The first-order valence-corrected chi connectivity index (χ1v) is 8.56. The number of hydrogen-bond acceptors (Lipinski definition) is 5. The van der Waals surface area contributed by atoms with E-state index < -0.39 is 12.0 Å². The van der Waals surface area contributed by atoms with E-state index in [4.69, 9.17) is 10.5 Å². The highest BCUT2D eigenvalue weighted by Crippen LogP contribution is 2.37. The lowest BCUT2D eigenvalue weighted by atomic mass is 10.1. The molecule has 1 atom stereocenters. The Bertz CT molecular complexity index is 691. The van der Waals surface area contributed by atoms with Crippen LogP contribution in [0.5, 0.6) is 0 Å². The number of methoxy groups -OCH3 is 1. The predicted octanol–water partition coefficient (Wildman–Crippen LogP) is 2.97. The van der Waals surface area contributed by atoms with Gasteiger partial charge in [0.1, 0.15) is 6.04 Å². The monoisotopic (exact) mass is 328 g/mol. The van der Waals surface area contributed by atoms with Crippen LogP contribution in [0, 0.1) is 0 Å². The molecule has 1 unspecified atom stereocenters. The molecule has 0 saturated carbocycles. The molecule has 0 radical (unpaired) electrons. The fourth-order valence-electron chi connectivity index (χ4n) is 2.71. The quantitative estimate of drug-likeness (QED) is 0.875. The first-order chi connectivity index (χ1) is 11.2. The zero-order chi connectivity index (χ0) is 16.2. The zero-order valence-corrected chi connectivity index (χ0v) is 13.9. The number of esters is 1. The van der Waals surface area contributed by atoms with Gasteiger partial charge in [-0.3, -0.25) is 4.79 Å². The minimum absolute atomic E-state index is 0.414. The molecule has 2 aromatic carbocycles. The SMILES string of the molecule is COC(=O)C(N)c1ccc2c(c1)N(Cc1ccccc1)CCS2. The van der Waals surface area contributed by atoms with Gasteiger partial charge in [-0.1, -0.05) is 36.4 Å². The van der Waals surface area contributed by atoms with Gasteiger partial charge in [-0.05, 0) is 23.3 Å². The molecular weight excluding hydrogens is 308 g/mol. The Labute approximate surface area is 140 Å². The Morgan fingerprint density at radius 3 is 2.83 bits per heavy atom. The Balaban J connectivity index is 1.88. The molecule has 0 spiro atoms. The van der Waals surface area contributed by atoms with Crippen LogP contribution in [-0.4, -0.2) is 25.4 Å². The molecule has 1 heterocycles. The first-order valence-electron chi connectivity index (χ1n) is 7.58. The van der Waals surface area contributed by atoms with Gasteiger partial charge in [0.15, 0.2) is 0 Å². The van der Waals surface area contributed by atoms with E-state index in [0.29, 0.717) is 0 Å². The fourth-order valence-corrected chi connectivity index (χ4v) is 3.75. The summed E-state index contributed by atoms with van der Waals surface area (Å²) >= 11 is 1.84. The van der Waals surface area contributed by atoms with E-state index in [2.05, 4.69) is 35.2 Å². The Kier molecular flexibility index (Phi) is 4.88. The third-order valence-electron chi connectivity index (χ3n) is 3.97. The second-order valence-corrected chi connectivity index (χ2v) is 6.62. The van der Waals surface area contributed by atoms with Crippen molar-refractivity contribution >= 4 is 23.4 Å². The van der Waals surface area contributed by atoms with Gasteiger partial charge < -0.3 is 15.4 Å². The molecule has 0 saturated heterocycles. The number of carbonyl (C=O) groups is 1. The Morgan fingerprint density at radius 2 is 2.09 bits per heavy atom. The number of benzene rings is 2. The lowest BCUT2D eigenvalue weighted by Gasteiger charge is -2.31. The van der Waals surface area contributed by atoms with Crippen LogP contribution in [-0.2, 0) is 16.1 Å². The number of ether oxygens (including phenoxy) is 1. The average Bonchev–Trinajstić information content (AvgIpc) is 2.61. The number of thioether (sulfide) groups is 1. The van der Waals surface area contributed by atoms with Gasteiger partial charge in [-0.15, -0.1) is 11.8 Å². The molecular formula is C18H20N2O2S. The van der Waals surface area contributed by atoms with E-state index in [1.54, 1.807) is 0 Å². The molecule has 0 aliphatic carbocycles. The summed E-state index contributed by atoms with van der Waals surface area (Å²) in [4.78, 5) is 15.3. The standard InChI is InChI=1S/C18H20N2O2S/c1-22-18(21)17(19)14-7-8-16-15(11-14)20(9-10-23-16)12-13-5-3-2-4-6-13/h2-8,11,17H,9-10,12,19H2,1H3. The van der Waals surface area contributed by atoms with Crippen LogP contribution in [0.25, 0.3) is 0 Å². The van der Waals surface area contributed by atoms with Gasteiger partial charge >= 0.3 is 5.97 Å². The zero-order valence-electron chi connectivity index (χ0n) is 13.1. The van der Waals surface area contributed by atoms with Crippen molar-refractivity contribution in [2.45, 2.75) is 17.5 Å². The maximum absolute atomic E-state index is 11.7. The van der Waals surface area contributed by atoms with E-state index in [1.807, 2.05) is 30.0 Å². The van der Waals surface area contributed by atoms with Crippen LogP contribution in [0.1, 0.15) is 17.2 Å². The van der Waals surface area contributed by atoms with Crippen molar-refractivity contribution in [1.29, 1.82) is 0 Å². The second kappa shape index (κ2) is 7.06. The Hall–Kier alpha value is -1.98. The van der Waals surface area contributed by atoms with Gasteiger partial charge in [0.25, 0.3) is 0 Å². The van der Waals surface area contributed by atoms with Crippen LogP contribution in [0.3, 0.4) is 0 Å². The van der Waals surface area contributed by atoms with Crippen molar-refractivity contribution in [3.05, 3.63) is 59.7 Å². The molecule has 23 heavy (non-hydrogen) atoms. The van der Waals surface area contributed by atoms with Crippen molar-refractivity contribution in [3.63, 3.8) is 0 Å². The van der Waals surface area contributed by atoms with Crippen molar-refractivity contribution in [1.82, 2.24) is 0 Å². The van der Waals surface area contributed by atoms with Gasteiger partial charge in [-0.2, -0.15) is 0 Å². The molecule has 1 aliphatic rings. The predicted molar refractivity (Wildman–Crippen MR) is 93.6 cm³/mol. The third-order valence-corrected chi connectivity index (χ3v) is 5.02. The highest BCUT2D eigenvalue weighted by atomic mass is 32.2. The van der Waals surface area contributed by atoms with E-state index in [0.717, 1.165) is 30.1 Å². The molecule has 3 rings (SSSR count). The molecule has 2 aromatic rings. The molecule has 5 heteroatoms. The molecule has 0 bridgehead atoms. The molecule has 120 valence electrons. The van der Waals surface area contributed by atoms with Gasteiger partial charge in [-0.25, -0.2) is 0 Å². The van der Waals surface area contributed by atoms with E-state index >= 15 is 0 Å². The summed E-state index contributed by atoms with van der Waals surface area (Å²) in [6, 6.07) is 15.6. The van der Waals surface area contributed by atoms with Crippen LogP contribution < -0.4 is 10.6 Å².